The van der Waals surface area contributed by atoms with Crippen molar-refractivity contribution in [2.24, 2.45) is 5.73 Å². The van der Waals surface area contributed by atoms with Crippen LogP contribution in [0.2, 0.25) is 0 Å². The van der Waals surface area contributed by atoms with Gasteiger partial charge in [0.1, 0.15) is 6.04 Å². The Morgan fingerprint density at radius 2 is 1.88 bits per heavy atom. The summed E-state index contributed by atoms with van der Waals surface area (Å²) >= 11 is 0. The third-order valence-corrected chi connectivity index (χ3v) is 3.54. The first-order valence-electron chi connectivity index (χ1n) is 8.16. The molecule has 0 fully saturated rings. The van der Waals surface area contributed by atoms with Crippen molar-refractivity contribution < 1.29 is 9.59 Å². The van der Waals surface area contributed by atoms with E-state index in [0.717, 1.165) is 5.56 Å². The Morgan fingerprint density at radius 3 is 2.48 bits per heavy atom. The van der Waals surface area contributed by atoms with Gasteiger partial charge in [-0.1, -0.05) is 24.3 Å². The van der Waals surface area contributed by atoms with Crippen molar-refractivity contribution in [2.45, 2.75) is 31.8 Å². The van der Waals surface area contributed by atoms with Crippen molar-refractivity contribution in [1.29, 1.82) is 0 Å². The van der Waals surface area contributed by atoms with Gasteiger partial charge in [0.05, 0.1) is 0 Å². The van der Waals surface area contributed by atoms with E-state index < -0.39 is 11.6 Å². The lowest BCUT2D eigenvalue weighted by atomic mass is 10.0. The van der Waals surface area contributed by atoms with Gasteiger partial charge in [-0.15, -0.1) is 0 Å². The topological polar surface area (TPSA) is 97.1 Å². The van der Waals surface area contributed by atoms with E-state index in [-0.39, 0.29) is 11.8 Å². The van der Waals surface area contributed by atoms with Gasteiger partial charge in [0.15, 0.2) is 0 Å². The Balaban J connectivity index is 2.11. The number of aromatic nitrogens is 1. The van der Waals surface area contributed by atoms with E-state index in [0.29, 0.717) is 18.5 Å². The SMILES string of the molecule is CC(C)(N)CNC(=O)C(Cc1cccnc1)NC(=O)c1ccccc1. The van der Waals surface area contributed by atoms with Crippen LogP contribution in [0.1, 0.15) is 29.8 Å². The lowest BCUT2D eigenvalue weighted by Crippen LogP contribution is -2.52. The minimum atomic E-state index is -0.709. The van der Waals surface area contributed by atoms with Crippen LogP contribution >= 0.6 is 0 Å². The fourth-order valence-corrected chi connectivity index (χ4v) is 2.23. The molecule has 2 aromatic rings. The lowest BCUT2D eigenvalue weighted by Gasteiger charge is -2.23. The van der Waals surface area contributed by atoms with E-state index in [1.54, 1.807) is 42.7 Å². The van der Waals surface area contributed by atoms with E-state index in [2.05, 4.69) is 15.6 Å². The maximum absolute atomic E-state index is 12.6. The molecular weight excluding hydrogens is 316 g/mol. The molecule has 0 aliphatic rings. The maximum atomic E-state index is 12.6. The average Bonchev–Trinajstić information content (AvgIpc) is 2.60. The van der Waals surface area contributed by atoms with Crippen LogP contribution in [0.4, 0.5) is 0 Å². The van der Waals surface area contributed by atoms with Crippen LogP contribution in [0.5, 0.6) is 0 Å². The van der Waals surface area contributed by atoms with Gasteiger partial charge in [-0.3, -0.25) is 14.6 Å². The third-order valence-electron chi connectivity index (χ3n) is 3.54. The van der Waals surface area contributed by atoms with Crippen molar-refractivity contribution in [3.05, 3.63) is 66.0 Å². The van der Waals surface area contributed by atoms with Crippen molar-refractivity contribution in [3.8, 4) is 0 Å². The molecule has 0 radical (unpaired) electrons. The number of amides is 2. The van der Waals surface area contributed by atoms with Gasteiger partial charge in [-0.2, -0.15) is 0 Å². The standard InChI is InChI=1S/C19H24N4O2/c1-19(2,20)13-22-18(25)16(11-14-7-6-10-21-12-14)23-17(24)15-8-4-3-5-9-15/h3-10,12,16H,11,13,20H2,1-2H3,(H,22,25)(H,23,24). The molecule has 0 spiro atoms. The zero-order valence-corrected chi connectivity index (χ0v) is 14.5. The Labute approximate surface area is 147 Å². The molecule has 132 valence electrons. The summed E-state index contributed by atoms with van der Waals surface area (Å²) < 4.78 is 0. The molecule has 4 N–H and O–H groups in total. The highest BCUT2D eigenvalue weighted by Crippen LogP contribution is 2.05. The molecule has 2 amide bonds. The van der Waals surface area contributed by atoms with Gasteiger partial charge in [0.25, 0.3) is 5.91 Å². The first-order chi connectivity index (χ1) is 11.8. The maximum Gasteiger partial charge on any atom is 0.251 e. The molecule has 0 saturated heterocycles. The second-order valence-electron chi connectivity index (χ2n) is 6.66. The van der Waals surface area contributed by atoms with Crippen molar-refractivity contribution in [2.75, 3.05) is 6.54 Å². The van der Waals surface area contributed by atoms with Crippen molar-refractivity contribution in [1.82, 2.24) is 15.6 Å². The smallest absolute Gasteiger partial charge is 0.251 e. The van der Waals surface area contributed by atoms with Crippen LogP contribution in [0.25, 0.3) is 0 Å². The molecule has 25 heavy (non-hydrogen) atoms. The Morgan fingerprint density at radius 1 is 1.16 bits per heavy atom. The van der Waals surface area contributed by atoms with Gasteiger partial charge >= 0.3 is 0 Å². The summed E-state index contributed by atoms with van der Waals surface area (Å²) in [6, 6.07) is 11.8. The number of nitrogens with zero attached hydrogens (tertiary/aromatic N) is 1. The predicted molar refractivity (Wildman–Crippen MR) is 96.9 cm³/mol. The molecule has 2 rings (SSSR count). The Hall–Kier alpha value is -2.73. The summed E-state index contributed by atoms with van der Waals surface area (Å²) in [5, 5.41) is 5.60. The Bertz CT molecular complexity index is 696. The first-order valence-corrected chi connectivity index (χ1v) is 8.16. The highest BCUT2D eigenvalue weighted by Gasteiger charge is 2.23. The molecule has 6 heteroatoms. The number of nitrogens with two attached hydrogens (primary N) is 1. The van der Waals surface area contributed by atoms with Crippen LogP contribution in [0.3, 0.4) is 0 Å². The summed E-state index contributed by atoms with van der Waals surface area (Å²) in [4.78, 5) is 29.0. The number of nitrogens with one attached hydrogen (secondary N) is 2. The molecule has 6 nitrogen and oxygen atoms in total. The number of hydrogen-bond donors (Lipinski definition) is 3. The summed E-state index contributed by atoms with van der Waals surface area (Å²) in [7, 11) is 0. The van der Waals surface area contributed by atoms with E-state index in [1.807, 2.05) is 26.0 Å². The van der Waals surface area contributed by atoms with Crippen molar-refractivity contribution in [3.63, 3.8) is 0 Å². The summed E-state index contributed by atoms with van der Waals surface area (Å²) in [5.41, 5.74) is 6.76. The molecule has 1 unspecified atom stereocenters. The molecule has 1 heterocycles. The predicted octanol–water partition coefficient (Wildman–Crippen LogP) is 1.28. The zero-order valence-electron chi connectivity index (χ0n) is 14.5. The van der Waals surface area contributed by atoms with Gasteiger partial charge < -0.3 is 16.4 Å². The van der Waals surface area contributed by atoms with Gasteiger partial charge in [-0.25, -0.2) is 0 Å². The van der Waals surface area contributed by atoms with Crippen molar-refractivity contribution >= 4 is 11.8 Å². The fourth-order valence-electron chi connectivity index (χ4n) is 2.23. The van der Waals surface area contributed by atoms with Crippen LogP contribution in [0, 0.1) is 0 Å². The second-order valence-corrected chi connectivity index (χ2v) is 6.66. The normalized spacial score (nSPS) is 12.3. The largest absolute Gasteiger partial charge is 0.352 e. The monoisotopic (exact) mass is 340 g/mol. The number of carbonyl (C=O) groups is 2. The van der Waals surface area contributed by atoms with E-state index in [4.69, 9.17) is 5.73 Å². The number of carbonyl (C=O) groups excluding carboxylic acids is 2. The quantitative estimate of drug-likeness (QED) is 0.707. The first kappa shape index (κ1) is 18.6. The van der Waals surface area contributed by atoms with Crippen LogP contribution in [-0.2, 0) is 11.2 Å². The fraction of sp³-hybridized carbons (Fsp3) is 0.316. The third kappa shape index (κ3) is 6.35. The van der Waals surface area contributed by atoms with Crippen LogP contribution in [-0.4, -0.2) is 34.9 Å². The molecule has 0 aliphatic carbocycles. The summed E-state index contributed by atoms with van der Waals surface area (Å²) in [6.07, 6.45) is 3.70. The zero-order chi connectivity index (χ0) is 18.3. The Kier molecular flexibility index (Phi) is 6.25. The summed E-state index contributed by atoms with van der Waals surface area (Å²) in [6.45, 7) is 3.97. The molecule has 1 atom stereocenters. The average molecular weight is 340 g/mol. The van der Waals surface area contributed by atoms with E-state index >= 15 is 0 Å². The number of benzene rings is 1. The highest BCUT2D eigenvalue weighted by atomic mass is 16.2. The second kappa shape index (κ2) is 8.39. The molecule has 0 bridgehead atoms. The molecular formula is C19H24N4O2. The minimum absolute atomic E-state index is 0.272. The number of rotatable bonds is 7. The lowest BCUT2D eigenvalue weighted by molar-refractivity contribution is -0.123. The summed E-state index contributed by atoms with van der Waals surface area (Å²) in [5.74, 6) is -0.566. The molecule has 0 aliphatic heterocycles. The van der Waals surface area contributed by atoms with Crippen LogP contribution < -0.4 is 16.4 Å². The number of pyridine rings is 1. The highest BCUT2D eigenvalue weighted by molar-refractivity contribution is 5.97. The number of hydrogen-bond acceptors (Lipinski definition) is 4. The van der Waals surface area contributed by atoms with E-state index in [9.17, 15) is 9.59 Å². The molecule has 1 aromatic heterocycles. The molecule has 0 saturated carbocycles. The molecule has 1 aromatic carbocycles. The van der Waals surface area contributed by atoms with Gasteiger partial charge in [0.2, 0.25) is 5.91 Å². The van der Waals surface area contributed by atoms with Gasteiger partial charge in [0, 0.05) is 36.5 Å². The van der Waals surface area contributed by atoms with Crippen LogP contribution in [0.15, 0.2) is 54.9 Å². The van der Waals surface area contributed by atoms with E-state index in [1.165, 1.54) is 0 Å². The minimum Gasteiger partial charge on any atom is -0.352 e. The van der Waals surface area contributed by atoms with Gasteiger partial charge in [-0.05, 0) is 37.6 Å².